The Balaban J connectivity index is 2.32. The molecular weight excluding hydrogens is 252 g/mol. The molecule has 0 aliphatic rings. The zero-order valence-electron chi connectivity index (χ0n) is 10.2. The van der Waals surface area contributed by atoms with Crippen LogP contribution in [0.5, 0.6) is 0 Å². The minimum absolute atomic E-state index is 0.170. The summed E-state index contributed by atoms with van der Waals surface area (Å²) in [6.45, 7) is -0.828. The molecule has 0 radical (unpaired) electrons. The second kappa shape index (κ2) is 7.82. The Hall–Kier alpha value is -1.51. The highest BCUT2D eigenvalue weighted by Gasteiger charge is 2.23. The molecule has 0 heterocycles. The predicted molar refractivity (Wildman–Crippen MR) is 67.0 cm³/mol. The van der Waals surface area contributed by atoms with Crippen LogP contribution in [-0.2, 0) is 0 Å². The lowest BCUT2D eigenvalue weighted by atomic mass is 10.1. The van der Waals surface area contributed by atoms with Gasteiger partial charge in [-0.3, -0.25) is 10.2 Å². The number of hydrazine groups is 1. The summed E-state index contributed by atoms with van der Waals surface area (Å²) in [6, 6.07) is 8.45. The highest BCUT2D eigenvalue weighted by Crippen LogP contribution is 1.99. The molecule has 1 amide bonds. The van der Waals surface area contributed by atoms with Gasteiger partial charge in [-0.2, -0.15) is 0 Å². The first-order valence-electron chi connectivity index (χ1n) is 5.79. The molecule has 0 bridgehead atoms. The van der Waals surface area contributed by atoms with Crippen LogP contribution < -0.4 is 10.9 Å². The van der Waals surface area contributed by atoms with E-state index in [1.54, 1.807) is 30.3 Å². The molecule has 1 aromatic rings. The Morgan fingerprint density at radius 1 is 1.11 bits per heavy atom. The van der Waals surface area contributed by atoms with E-state index in [1.807, 2.05) is 0 Å². The number of aliphatic hydroxyl groups excluding tert-OH is 4. The first-order chi connectivity index (χ1) is 9.06. The number of benzene rings is 1. The molecule has 0 unspecified atom stereocenters. The van der Waals surface area contributed by atoms with Crippen molar-refractivity contribution in [2.24, 2.45) is 0 Å². The second-order valence-electron chi connectivity index (χ2n) is 4.01. The number of carbonyl (C=O) groups is 1. The van der Waals surface area contributed by atoms with Gasteiger partial charge in [0.15, 0.2) is 0 Å². The molecule has 0 spiro atoms. The molecule has 7 heteroatoms. The van der Waals surface area contributed by atoms with Crippen molar-refractivity contribution in [3.63, 3.8) is 0 Å². The average molecular weight is 270 g/mol. The maximum atomic E-state index is 11.6. The van der Waals surface area contributed by atoms with Gasteiger partial charge >= 0.3 is 0 Å². The summed E-state index contributed by atoms with van der Waals surface area (Å²) in [6.07, 6.45) is -4.24. The van der Waals surface area contributed by atoms with Gasteiger partial charge in [0, 0.05) is 12.1 Å². The van der Waals surface area contributed by atoms with E-state index in [4.69, 9.17) is 10.2 Å². The number of hydrogen-bond donors (Lipinski definition) is 6. The molecule has 0 aromatic heterocycles. The van der Waals surface area contributed by atoms with Gasteiger partial charge in [0.2, 0.25) is 0 Å². The molecule has 0 aliphatic heterocycles. The monoisotopic (exact) mass is 270 g/mol. The summed E-state index contributed by atoms with van der Waals surface area (Å²) < 4.78 is 0. The lowest BCUT2D eigenvalue weighted by molar-refractivity contribution is -0.0755. The zero-order chi connectivity index (χ0) is 14.3. The summed E-state index contributed by atoms with van der Waals surface area (Å²) in [5.41, 5.74) is 5.22. The van der Waals surface area contributed by atoms with Gasteiger partial charge in [0.1, 0.15) is 12.2 Å². The minimum Gasteiger partial charge on any atom is -0.394 e. The Kier molecular flexibility index (Phi) is 6.40. The van der Waals surface area contributed by atoms with Crippen LogP contribution in [0.25, 0.3) is 0 Å². The third-order valence-electron chi connectivity index (χ3n) is 2.52. The summed E-state index contributed by atoms with van der Waals surface area (Å²) in [5.74, 6) is -0.384. The lowest BCUT2D eigenvalue weighted by Gasteiger charge is -2.21. The van der Waals surface area contributed by atoms with Gasteiger partial charge in [-0.25, -0.2) is 5.43 Å². The molecule has 19 heavy (non-hydrogen) atoms. The molecule has 0 saturated carbocycles. The Labute approximate surface area is 110 Å². The number of carbonyl (C=O) groups excluding carboxylic acids is 1. The van der Waals surface area contributed by atoms with E-state index in [2.05, 4.69) is 10.9 Å². The van der Waals surface area contributed by atoms with E-state index < -0.39 is 24.9 Å². The Bertz CT molecular complexity index is 387. The van der Waals surface area contributed by atoms with Gasteiger partial charge in [0.25, 0.3) is 5.91 Å². The number of amides is 1. The lowest BCUT2D eigenvalue weighted by Crippen LogP contribution is -2.48. The SMILES string of the molecule is O=C(NNC[C@H](O)[C@@H](O)[C@H](O)CO)c1ccccc1. The van der Waals surface area contributed by atoms with Crippen LogP contribution in [-0.4, -0.2) is 57.8 Å². The van der Waals surface area contributed by atoms with E-state index in [0.717, 1.165) is 0 Å². The van der Waals surface area contributed by atoms with Gasteiger partial charge in [-0.05, 0) is 12.1 Å². The molecule has 0 saturated heterocycles. The third kappa shape index (κ3) is 4.93. The number of rotatable bonds is 7. The van der Waals surface area contributed by atoms with Crippen LogP contribution in [0.1, 0.15) is 10.4 Å². The highest BCUT2D eigenvalue weighted by molar-refractivity contribution is 5.93. The van der Waals surface area contributed by atoms with E-state index in [0.29, 0.717) is 5.56 Å². The van der Waals surface area contributed by atoms with Crippen LogP contribution in [0.15, 0.2) is 30.3 Å². The van der Waals surface area contributed by atoms with Crippen LogP contribution >= 0.6 is 0 Å². The molecule has 3 atom stereocenters. The highest BCUT2D eigenvalue weighted by atomic mass is 16.4. The van der Waals surface area contributed by atoms with Gasteiger partial charge in [-0.15, -0.1) is 0 Å². The van der Waals surface area contributed by atoms with E-state index in [-0.39, 0.29) is 12.5 Å². The summed E-state index contributed by atoms with van der Waals surface area (Å²) in [7, 11) is 0. The van der Waals surface area contributed by atoms with Gasteiger partial charge in [-0.1, -0.05) is 18.2 Å². The van der Waals surface area contributed by atoms with Gasteiger partial charge < -0.3 is 20.4 Å². The molecule has 0 aliphatic carbocycles. The second-order valence-corrected chi connectivity index (χ2v) is 4.01. The van der Waals surface area contributed by atoms with E-state index in [1.165, 1.54) is 0 Å². The van der Waals surface area contributed by atoms with Crippen molar-refractivity contribution in [3.05, 3.63) is 35.9 Å². The fourth-order valence-electron chi connectivity index (χ4n) is 1.38. The van der Waals surface area contributed by atoms with Crippen LogP contribution in [0.3, 0.4) is 0 Å². The first-order valence-corrected chi connectivity index (χ1v) is 5.79. The fourth-order valence-corrected chi connectivity index (χ4v) is 1.38. The zero-order valence-corrected chi connectivity index (χ0v) is 10.2. The van der Waals surface area contributed by atoms with Crippen molar-refractivity contribution < 1.29 is 25.2 Å². The molecule has 0 fully saturated rings. The van der Waals surface area contributed by atoms with Crippen LogP contribution in [0.4, 0.5) is 0 Å². The molecule has 1 aromatic carbocycles. The molecule has 106 valence electrons. The fraction of sp³-hybridized carbons (Fsp3) is 0.417. The van der Waals surface area contributed by atoms with Crippen molar-refractivity contribution in [1.29, 1.82) is 0 Å². The third-order valence-corrected chi connectivity index (χ3v) is 2.52. The predicted octanol–water partition coefficient (Wildman–Crippen LogP) is -2.00. The number of hydrogen-bond acceptors (Lipinski definition) is 6. The first kappa shape index (κ1) is 15.5. The van der Waals surface area contributed by atoms with Crippen molar-refractivity contribution in [2.45, 2.75) is 18.3 Å². The van der Waals surface area contributed by atoms with E-state index >= 15 is 0 Å². The maximum Gasteiger partial charge on any atom is 0.265 e. The smallest absolute Gasteiger partial charge is 0.265 e. The number of aliphatic hydroxyl groups is 4. The quantitative estimate of drug-likeness (QED) is 0.319. The summed E-state index contributed by atoms with van der Waals surface area (Å²) in [5, 5.41) is 36.5. The van der Waals surface area contributed by atoms with Crippen molar-refractivity contribution in [1.82, 2.24) is 10.9 Å². The molecule has 1 rings (SSSR count). The molecule has 6 N–H and O–H groups in total. The Morgan fingerprint density at radius 3 is 2.32 bits per heavy atom. The van der Waals surface area contributed by atoms with E-state index in [9.17, 15) is 15.0 Å². The summed E-state index contributed by atoms with van der Waals surface area (Å²) in [4.78, 5) is 11.6. The average Bonchev–Trinajstić information content (AvgIpc) is 2.46. The topological polar surface area (TPSA) is 122 Å². The molecular formula is C12H18N2O5. The summed E-state index contributed by atoms with van der Waals surface area (Å²) >= 11 is 0. The van der Waals surface area contributed by atoms with Crippen LogP contribution in [0.2, 0.25) is 0 Å². The van der Waals surface area contributed by atoms with Gasteiger partial charge in [0.05, 0.1) is 12.7 Å². The Morgan fingerprint density at radius 2 is 1.74 bits per heavy atom. The number of nitrogens with one attached hydrogen (secondary N) is 2. The molecule has 7 nitrogen and oxygen atoms in total. The maximum absolute atomic E-state index is 11.6. The normalized spacial score (nSPS) is 15.6. The standard InChI is InChI=1S/C12H18N2O5/c15-7-10(17)11(18)9(16)6-13-14-12(19)8-4-2-1-3-5-8/h1-5,9-11,13,15-18H,6-7H2,(H,14,19)/t9-,10+,11+/m0/s1. The van der Waals surface area contributed by atoms with Crippen molar-refractivity contribution in [3.8, 4) is 0 Å². The van der Waals surface area contributed by atoms with Crippen LogP contribution in [0, 0.1) is 0 Å². The van der Waals surface area contributed by atoms with Crippen molar-refractivity contribution in [2.75, 3.05) is 13.2 Å². The minimum atomic E-state index is -1.49. The van der Waals surface area contributed by atoms with Crippen molar-refractivity contribution >= 4 is 5.91 Å². The largest absolute Gasteiger partial charge is 0.394 e.